The highest BCUT2D eigenvalue weighted by molar-refractivity contribution is 5.17. The molecule has 0 N–H and O–H groups in total. The lowest BCUT2D eigenvalue weighted by atomic mass is 10.0. The van der Waals surface area contributed by atoms with E-state index in [1.807, 2.05) is 0 Å². The first-order chi connectivity index (χ1) is 15.8. The summed E-state index contributed by atoms with van der Waals surface area (Å²) >= 11 is 0. The van der Waals surface area contributed by atoms with E-state index in [0.29, 0.717) is 6.17 Å². The SMILES string of the molecule is CCCCCCCCCCCCCCCCN1C=CN(CCCC)C1Cc1ccccc1. The van der Waals surface area contributed by atoms with E-state index < -0.39 is 0 Å². The first kappa shape index (κ1) is 26.8. The lowest BCUT2D eigenvalue weighted by Gasteiger charge is -2.33. The van der Waals surface area contributed by atoms with E-state index in [4.69, 9.17) is 0 Å². The topological polar surface area (TPSA) is 6.48 Å². The summed E-state index contributed by atoms with van der Waals surface area (Å²) in [7, 11) is 0. The number of benzene rings is 1. The van der Waals surface area contributed by atoms with Gasteiger partial charge in [-0.05, 0) is 18.4 Å². The predicted octanol–water partition coefficient (Wildman–Crippen LogP) is 8.93. The molecule has 0 fully saturated rings. The summed E-state index contributed by atoms with van der Waals surface area (Å²) in [6, 6.07) is 11.0. The van der Waals surface area contributed by atoms with Gasteiger partial charge in [0.15, 0.2) is 0 Å². The van der Waals surface area contributed by atoms with Crippen molar-refractivity contribution in [2.75, 3.05) is 13.1 Å². The van der Waals surface area contributed by atoms with Crippen LogP contribution in [0.3, 0.4) is 0 Å². The van der Waals surface area contributed by atoms with Crippen molar-refractivity contribution in [2.45, 2.75) is 129 Å². The summed E-state index contributed by atoms with van der Waals surface area (Å²) in [6.07, 6.45) is 28.9. The molecule has 1 heterocycles. The van der Waals surface area contributed by atoms with E-state index >= 15 is 0 Å². The molecule has 0 radical (unpaired) electrons. The first-order valence-electron chi connectivity index (χ1n) is 14.1. The monoisotopic (exact) mass is 440 g/mol. The molecule has 2 heteroatoms. The Hall–Kier alpha value is -1.44. The van der Waals surface area contributed by atoms with Gasteiger partial charge in [-0.1, -0.05) is 134 Å². The minimum absolute atomic E-state index is 0.505. The molecule has 32 heavy (non-hydrogen) atoms. The molecule has 1 aromatic carbocycles. The summed E-state index contributed by atoms with van der Waals surface area (Å²) in [5, 5.41) is 0. The van der Waals surface area contributed by atoms with Gasteiger partial charge < -0.3 is 9.80 Å². The van der Waals surface area contributed by atoms with Gasteiger partial charge in [-0.15, -0.1) is 0 Å². The zero-order chi connectivity index (χ0) is 22.7. The third kappa shape index (κ3) is 11.4. The molecule has 0 amide bonds. The molecule has 0 aromatic heterocycles. The van der Waals surface area contributed by atoms with Crippen LogP contribution in [0.25, 0.3) is 0 Å². The van der Waals surface area contributed by atoms with Crippen LogP contribution in [-0.4, -0.2) is 29.1 Å². The predicted molar refractivity (Wildman–Crippen MR) is 142 cm³/mol. The van der Waals surface area contributed by atoms with Crippen molar-refractivity contribution in [3.05, 3.63) is 48.3 Å². The van der Waals surface area contributed by atoms with Gasteiger partial charge in [0.05, 0.1) is 0 Å². The molecule has 0 bridgehead atoms. The van der Waals surface area contributed by atoms with Crippen LogP contribution in [0.1, 0.15) is 122 Å². The smallest absolute Gasteiger partial charge is 0.105 e. The number of nitrogens with zero attached hydrogens (tertiary/aromatic N) is 2. The van der Waals surface area contributed by atoms with E-state index in [-0.39, 0.29) is 0 Å². The Bertz CT molecular complexity index is 567. The number of hydrogen-bond donors (Lipinski definition) is 0. The normalized spacial score (nSPS) is 15.8. The Morgan fingerprint density at radius 3 is 1.47 bits per heavy atom. The standard InChI is InChI=1S/C30H52N2/c1-3-5-7-8-9-10-11-12-13-14-15-16-17-21-25-32-27-26-31(24-6-4-2)30(32)28-29-22-19-18-20-23-29/h18-20,22-23,26-27,30H,3-17,21,24-25,28H2,1-2H3. The molecule has 0 aliphatic carbocycles. The Kier molecular flexibility index (Phi) is 15.1. The number of unbranched alkanes of at least 4 members (excludes halogenated alkanes) is 14. The molecule has 1 unspecified atom stereocenters. The van der Waals surface area contributed by atoms with Crippen molar-refractivity contribution in [2.24, 2.45) is 0 Å². The molecule has 0 saturated carbocycles. The summed E-state index contributed by atoms with van der Waals surface area (Å²) in [6.45, 7) is 6.97. The fourth-order valence-electron chi connectivity index (χ4n) is 4.90. The lowest BCUT2D eigenvalue weighted by molar-refractivity contribution is 0.148. The van der Waals surface area contributed by atoms with Crippen molar-refractivity contribution in [3.63, 3.8) is 0 Å². The van der Waals surface area contributed by atoms with Crippen molar-refractivity contribution in [3.8, 4) is 0 Å². The van der Waals surface area contributed by atoms with Crippen molar-refractivity contribution in [1.29, 1.82) is 0 Å². The second kappa shape index (κ2) is 18.0. The van der Waals surface area contributed by atoms with E-state index in [0.717, 1.165) is 6.42 Å². The molecule has 0 saturated heterocycles. The summed E-state index contributed by atoms with van der Waals surface area (Å²) in [4.78, 5) is 5.17. The van der Waals surface area contributed by atoms with Crippen LogP contribution in [0.2, 0.25) is 0 Å². The Morgan fingerprint density at radius 1 is 0.531 bits per heavy atom. The number of rotatable bonds is 20. The van der Waals surface area contributed by atoms with E-state index in [1.54, 1.807) is 0 Å². The molecular formula is C30H52N2. The van der Waals surface area contributed by atoms with Crippen LogP contribution < -0.4 is 0 Å². The minimum atomic E-state index is 0.505. The average Bonchev–Trinajstić information content (AvgIpc) is 3.19. The highest BCUT2D eigenvalue weighted by atomic mass is 15.4. The third-order valence-electron chi connectivity index (χ3n) is 7.02. The quantitative estimate of drug-likeness (QED) is 0.187. The summed E-state index contributed by atoms with van der Waals surface area (Å²) < 4.78 is 0. The molecule has 2 nitrogen and oxygen atoms in total. The van der Waals surface area contributed by atoms with E-state index in [2.05, 4.69) is 66.4 Å². The van der Waals surface area contributed by atoms with Gasteiger partial charge >= 0.3 is 0 Å². The zero-order valence-electron chi connectivity index (χ0n) is 21.4. The summed E-state index contributed by atoms with van der Waals surface area (Å²) in [5.41, 5.74) is 1.45. The zero-order valence-corrected chi connectivity index (χ0v) is 21.4. The fraction of sp³-hybridized carbons (Fsp3) is 0.733. The highest BCUT2D eigenvalue weighted by Crippen LogP contribution is 2.22. The average molecular weight is 441 g/mol. The van der Waals surface area contributed by atoms with Crippen LogP contribution in [0, 0.1) is 0 Å². The molecule has 1 aliphatic rings. The summed E-state index contributed by atoms with van der Waals surface area (Å²) in [5.74, 6) is 0. The molecule has 1 aliphatic heterocycles. The molecule has 2 rings (SSSR count). The van der Waals surface area contributed by atoms with Gasteiger partial charge in [0.1, 0.15) is 6.17 Å². The van der Waals surface area contributed by atoms with Gasteiger partial charge in [-0.2, -0.15) is 0 Å². The number of hydrogen-bond acceptors (Lipinski definition) is 2. The maximum atomic E-state index is 2.60. The van der Waals surface area contributed by atoms with Gasteiger partial charge in [0, 0.05) is 31.9 Å². The molecular weight excluding hydrogens is 388 g/mol. The van der Waals surface area contributed by atoms with Gasteiger partial charge in [-0.3, -0.25) is 0 Å². The fourth-order valence-corrected chi connectivity index (χ4v) is 4.90. The third-order valence-corrected chi connectivity index (χ3v) is 7.02. The molecule has 0 spiro atoms. The van der Waals surface area contributed by atoms with Gasteiger partial charge in [-0.25, -0.2) is 0 Å². The lowest BCUT2D eigenvalue weighted by Crippen LogP contribution is -2.41. The maximum absolute atomic E-state index is 2.60. The van der Waals surface area contributed by atoms with Crippen LogP contribution in [0.4, 0.5) is 0 Å². The highest BCUT2D eigenvalue weighted by Gasteiger charge is 2.25. The van der Waals surface area contributed by atoms with E-state index in [9.17, 15) is 0 Å². The van der Waals surface area contributed by atoms with Crippen molar-refractivity contribution < 1.29 is 0 Å². The first-order valence-corrected chi connectivity index (χ1v) is 14.1. The van der Waals surface area contributed by atoms with Crippen LogP contribution in [0.5, 0.6) is 0 Å². The van der Waals surface area contributed by atoms with Crippen molar-refractivity contribution in [1.82, 2.24) is 9.80 Å². The van der Waals surface area contributed by atoms with Crippen LogP contribution >= 0.6 is 0 Å². The second-order valence-electron chi connectivity index (χ2n) is 9.89. The largest absolute Gasteiger partial charge is 0.356 e. The molecule has 1 atom stereocenters. The Labute approximate surface area is 200 Å². The van der Waals surface area contributed by atoms with Crippen molar-refractivity contribution >= 4 is 0 Å². The van der Waals surface area contributed by atoms with Gasteiger partial charge in [0.25, 0.3) is 0 Å². The van der Waals surface area contributed by atoms with Crippen LogP contribution in [0.15, 0.2) is 42.7 Å². The Balaban J connectivity index is 1.53. The van der Waals surface area contributed by atoms with Crippen LogP contribution in [-0.2, 0) is 6.42 Å². The molecule has 1 aromatic rings. The van der Waals surface area contributed by atoms with Gasteiger partial charge in [0.2, 0.25) is 0 Å². The Morgan fingerprint density at radius 2 is 0.969 bits per heavy atom. The second-order valence-corrected chi connectivity index (χ2v) is 9.89. The molecule has 182 valence electrons. The maximum Gasteiger partial charge on any atom is 0.105 e. The minimum Gasteiger partial charge on any atom is -0.356 e. The van der Waals surface area contributed by atoms with E-state index in [1.165, 1.54) is 121 Å².